The van der Waals surface area contributed by atoms with Crippen LogP contribution in [0, 0.1) is 13.8 Å². The van der Waals surface area contributed by atoms with Gasteiger partial charge in [0, 0.05) is 24.8 Å². The van der Waals surface area contributed by atoms with E-state index < -0.39 is 6.09 Å². The molecule has 0 fully saturated rings. The number of fused-ring (bicyclic) bond motifs is 1. The summed E-state index contributed by atoms with van der Waals surface area (Å²) in [5, 5.41) is 19.6. The Balaban J connectivity index is 2.22. The molecule has 0 spiro atoms. The molecule has 10 heteroatoms. The highest BCUT2D eigenvalue weighted by Crippen LogP contribution is 2.33. The minimum absolute atomic E-state index is 0.0895. The van der Waals surface area contributed by atoms with Crippen molar-refractivity contribution in [3.63, 3.8) is 0 Å². The van der Waals surface area contributed by atoms with Crippen molar-refractivity contribution in [2.45, 2.75) is 27.7 Å². The smallest absolute Gasteiger partial charge is 0.417 e. The van der Waals surface area contributed by atoms with E-state index in [0.29, 0.717) is 40.9 Å². The second-order valence-electron chi connectivity index (χ2n) is 6.88. The first-order valence-electron chi connectivity index (χ1n) is 9.83. The number of rotatable bonds is 6. The van der Waals surface area contributed by atoms with Crippen LogP contribution in [-0.4, -0.2) is 50.7 Å². The molecule has 0 aliphatic carbocycles. The summed E-state index contributed by atoms with van der Waals surface area (Å²) >= 11 is 0. The summed E-state index contributed by atoms with van der Waals surface area (Å²) in [4.78, 5) is 42.3. The van der Waals surface area contributed by atoms with Gasteiger partial charge in [-0.05, 0) is 51.0 Å². The van der Waals surface area contributed by atoms with Gasteiger partial charge in [-0.3, -0.25) is 9.59 Å². The van der Waals surface area contributed by atoms with Crippen LogP contribution in [0.2, 0.25) is 0 Å². The molecular weight excluding hydrogens is 400 g/mol. The van der Waals surface area contributed by atoms with Gasteiger partial charge in [-0.15, -0.1) is 0 Å². The highest BCUT2D eigenvalue weighted by molar-refractivity contribution is 6.04. The van der Waals surface area contributed by atoms with E-state index in [1.165, 1.54) is 16.9 Å². The van der Waals surface area contributed by atoms with Crippen molar-refractivity contribution in [1.82, 2.24) is 25.2 Å². The Hall–Kier alpha value is -3.95. The number of nitrogens with zero attached hydrogens (tertiary/aromatic N) is 4. The van der Waals surface area contributed by atoms with Gasteiger partial charge in [0.25, 0.3) is 11.8 Å². The van der Waals surface area contributed by atoms with Gasteiger partial charge in [-0.2, -0.15) is 5.10 Å². The van der Waals surface area contributed by atoms with E-state index in [-0.39, 0.29) is 23.3 Å². The van der Waals surface area contributed by atoms with Gasteiger partial charge >= 0.3 is 6.09 Å². The minimum atomic E-state index is -1.28. The molecule has 1 aromatic carbocycles. The molecule has 0 bridgehead atoms. The number of aryl methyl sites for hydroxylation is 2. The van der Waals surface area contributed by atoms with Crippen LogP contribution >= 0.6 is 0 Å². The maximum atomic E-state index is 12.4. The van der Waals surface area contributed by atoms with Gasteiger partial charge in [0.2, 0.25) is 0 Å². The number of hydrogen-bond acceptors (Lipinski definition) is 5. The number of anilines is 2. The van der Waals surface area contributed by atoms with E-state index in [1.54, 1.807) is 39.1 Å². The molecule has 0 aliphatic rings. The van der Waals surface area contributed by atoms with Crippen LogP contribution in [0.25, 0.3) is 5.52 Å². The van der Waals surface area contributed by atoms with Crippen LogP contribution in [-0.2, 0) is 0 Å². The second kappa shape index (κ2) is 8.82. The lowest BCUT2D eigenvalue weighted by atomic mass is 10.1. The highest BCUT2D eigenvalue weighted by atomic mass is 16.4. The van der Waals surface area contributed by atoms with Crippen LogP contribution in [0.15, 0.2) is 30.7 Å². The average molecular weight is 424 g/mol. The molecule has 10 nitrogen and oxygen atoms in total. The summed E-state index contributed by atoms with van der Waals surface area (Å²) in [5.41, 5.74) is 2.56. The maximum Gasteiger partial charge on any atom is 0.417 e. The molecule has 3 aromatic rings. The Labute approximate surface area is 178 Å². The number of benzene rings is 1. The lowest BCUT2D eigenvalue weighted by Crippen LogP contribution is -2.28. The number of carboxylic acid groups (broad SMARTS) is 1. The van der Waals surface area contributed by atoms with Gasteiger partial charge < -0.3 is 15.7 Å². The Morgan fingerprint density at radius 3 is 2.42 bits per heavy atom. The third kappa shape index (κ3) is 4.04. The van der Waals surface area contributed by atoms with Gasteiger partial charge in [0.1, 0.15) is 11.8 Å². The Kier molecular flexibility index (Phi) is 6.19. The Morgan fingerprint density at radius 1 is 1.10 bits per heavy atom. The fourth-order valence-corrected chi connectivity index (χ4v) is 3.35. The molecule has 0 radical (unpaired) electrons. The lowest BCUT2D eigenvalue weighted by Gasteiger charge is -2.22. The van der Waals surface area contributed by atoms with Crippen LogP contribution < -0.4 is 15.5 Å². The van der Waals surface area contributed by atoms with E-state index in [4.69, 9.17) is 0 Å². The Bertz CT molecular complexity index is 1170. The summed E-state index contributed by atoms with van der Waals surface area (Å²) in [7, 11) is 0. The maximum absolute atomic E-state index is 12.4. The molecule has 162 valence electrons. The molecule has 0 saturated carbocycles. The summed E-state index contributed by atoms with van der Waals surface area (Å²) in [5.74, 6) is -0.501. The van der Waals surface area contributed by atoms with Gasteiger partial charge in [0.05, 0.1) is 11.3 Å². The molecule has 0 saturated heterocycles. The van der Waals surface area contributed by atoms with E-state index in [9.17, 15) is 19.5 Å². The number of carbonyl (C=O) groups is 3. The van der Waals surface area contributed by atoms with Gasteiger partial charge in [0.15, 0.2) is 5.82 Å². The minimum Gasteiger partial charge on any atom is -0.464 e. The molecule has 3 amide bonds. The topological polar surface area (TPSA) is 129 Å². The molecule has 3 rings (SSSR count). The van der Waals surface area contributed by atoms with Crippen LogP contribution in [0.4, 0.5) is 16.3 Å². The average Bonchev–Trinajstić information content (AvgIpc) is 3.07. The van der Waals surface area contributed by atoms with Crippen LogP contribution in [0.1, 0.15) is 45.7 Å². The quantitative estimate of drug-likeness (QED) is 0.558. The van der Waals surface area contributed by atoms with E-state index in [1.807, 2.05) is 6.92 Å². The van der Waals surface area contributed by atoms with E-state index >= 15 is 0 Å². The summed E-state index contributed by atoms with van der Waals surface area (Å²) in [6, 6.07) is 4.82. The number of aromatic nitrogens is 3. The SMILES string of the molecule is CCNC(=O)c1ccc(C)c(N(C(=O)O)c2ncnn3cc(C(=O)NCC)c(C)c23)c1. The van der Waals surface area contributed by atoms with Crippen molar-refractivity contribution in [2.75, 3.05) is 18.0 Å². The first-order valence-corrected chi connectivity index (χ1v) is 9.83. The zero-order chi connectivity index (χ0) is 22.7. The van der Waals surface area contributed by atoms with Crippen LogP contribution in [0.3, 0.4) is 0 Å². The molecule has 31 heavy (non-hydrogen) atoms. The van der Waals surface area contributed by atoms with Crippen molar-refractivity contribution in [3.05, 3.63) is 53.0 Å². The monoisotopic (exact) mass is 424 g/mol. The van der Waals surface area contributed by atoms with Crippen molar-refractivity contribution in [2.24, 2.45) is 0 Å². The number of nitrogens with one attached hydrogen (secondary N) is 2. The predicted octanol–water partition coefficient (Wildman–Crippen LogP) is 2.66. The highest BCUT2D eigenvalue weighted by Gasteiger charge is 2.27. The fraction of sp³-hybridized carbons (Fsp3) is 0.286. The third-order valence-corrected chi connectivity index (χ3v) is 4.84. The van der Waals surface area contributed by atoms with Crippen molar-refractivity contribution in [1.29, 1.82) is 0 Å². The third-order valence-electron chi connectivity index (χ3n) is 4.84. The van der Waals surface area contributed by atoms with Gasteiger partial charge in [-0.25, -0.2) is 19.2 Å². The molecule has 2 heterocycles. The normalized spacial score (nSPS) is 10.7. The van der Waals surface area contributed by atoms with Gasteiger partial charge in [-0.1, -0.05) is 6.07 Å². The summed E-state index contributed by atoms with van der Waals surface area (Å²) in [6.07, 6.45) is 1.48. The van der Waals surface area contributed by atoms with Crippen LogP contribution in [0.5, 0.6) is 0 Å². The zero-order valence-electron chi connectivity index (χ0n) is 17.8. The largest absolute Gasteiger partial charge is 0.464 e. The zero-order valence-corrected chi connectivity index (χ0v) is 17.8. The standard InChI is InChI=1S/C21H24N6O4/c1-5-22-19(28)14-8-7-12(3)16(9-14)27(21(30)31)18-17-13(4)15(20(29)23-6-2)10-26(17)25-11-24-18/h7-11H,5-6H2,1-4H3,(H,22,28)(H,23,29)(H,30,31). The molecule has 0 unspecified atom stereocenters. The van der Waals surface area contributed by atoms with E-state index in [0.717, 1.165) is 4.90 Å². The predicted molar refractivity (Wildman–Crippen MR) is 115 cm³/mol. The summed E-state index contributed by atoms with van der Waals surface area (Å²) in [6.45, 7) is 7.97. The number of carbonyl (C=O) groups excluding carboxylic acids is 2. The number of amides is 3. The van der Waals surface area contributed by atoms with Crippen molar-refractivity contribution in [3.8, 4) is 0 Å². The lowest BCUT2D eigenvalue weighted by molar-refractivity contribution is 0.0947. The first kappa shape index (κ1) is 21.8. The molecule has 3 N–H and O–H groups in total. The van der Waals surface area contributed by atoms with E-state index in [2.05, 4.69) is 20.7 Å². The molecule has 2 aromatic heterocycles. The Morgan fingerprint density at radius 2 is 1.77 bits per heavy atom. The first-order chi connectivity index (χ1) is 14.8. The summed E-state index contributed by atoms with van der Waals surface area (Å²) < 4.78 is 1.43. The molecular formula is C21H24N6O4. The van der Waals surface area contributed by atoms with Crippen molar-refractivity contribution >= 4 is 34.9 Å². The van der Waals surface area contributed by atoms with Crippen molar-refractivity contribution < 1.29 is 19.5 Å². The molecule has 0 atom stereocenters. The molecule has 0 aliphatic heterocycles. The second-order valence-corrected chi connectivity index (χ2v) is 6.88. The fourth-order valence-electron chi connectivity index (χ4n) is 3.35. The number of hydrogen-bond donors (Lipinski definition) is 3.